The maximum Gasteiger partial charge on any atom is 0.237 e. The molecule has 0 radical (unpaired) electrons. The zero-order valence-electron chi connectivity index (χ0n) is 8.92. The summed E-state index contributed by atoms with van der Waals surface area (Å²) in [6.07, 6.45) is 2.09. The third kappa shape index (κ3) is 3.46. The third-order valence-electron chi connectivity index (χ3n) is 2.74. The van der Waals surface area contributed by atoms with E-state index in [2.05, 4.69) is 17.1 Å². The van der Waals surface area contributed by atoms with Crippen molar-refractivity contribution >= 4 is 17.5 Å². The van der Waals surface area contributed by atoms with Gasteiger partial charge in [0.1, 0.15) is 5.38 Å². The first kappa shape index (κ1) is 11.8. The van der Waals surface area contributed by atoms with Crippen LogP contribution < -0.4 is 5.32 Å². The average Bonchev–Trinajstić information content (AvgIpc) is 2.19. The number of carbonyl (C=O) groups is 1. The van der Waals surface area contributed by atoms with Crippen molar-refractivity contribution in [1.29, 1.82) is 0 Å². The summed E-state index contributed by atoms with van der Waals surface area (Å²) in [5.41, 5.74) is 0. The van der Waals surface area contributed by atoms with Gasteiger partial charge in [0.25, 0.3) is 0 Å². The van der Waals surface area contributed by atoms with Gasteiger partial charge in [-0.3, -0.25) is 4.79 Å². The number of alkyl halides is 1. The van der Waals surface area contributed by atoms with Crippen LogP contribution in [0.3, 0.4) is 0 Å². The SMILES string of the molecule is CCN1CCC(NC(=O)C(C)Cl)CC1. The lowest BCUT2D eigenvalue weighted by Crippen LogP contribution is -2.46. The highest BCUT2D eigenvalue weighted by molar-refractivity contribution is 6.30. The van der Waals surface area contributed by atoms with E-state index in [1.807, 2.05) is 0 Å². The van der Waals surface area contributed by atoms with Crippen LogP contribution in [0.2, 0.25) is 0 Å². The van der Waals surface area contributed by atoms with Gasteiger partial charge in [-0.05, 0) is 26.3 Å². The molecule has 3 nitrogen and oxygen atoms in total. The van der Waals surface area contributed by atoms with Crippen LogP contribution in [0.1, 0.15) is 26.7 Å². The van der Waals surface area contributed by atoms with E-state index < -0.39 is 5.38 Å². The van der Waals surface area contributed by atoms with Crippen molar-refractivity contribution < 1.29 is 4.79 Å². The molecule has 0 aromatic rings. The minimum atomic E-state index is -0.417. The molecule has 1 saturated heterocycles. The van der Waals surface area contributed by atoms with Crippen LogP contribution in [-0.2, 0) is 4.79 Å². The Hall–Kier alpha value is -0.280. The molecule has 4 heteroatoms. The number of rotatable bonds is 3. The number of nitrogens with zero attached hydrogens (tertiary/aromatic N) is 1. The summed E-state index contributed by atoms with van der Waals surface area (Å²) in [6.45, 7) is 7.14. The van der Waals surface area contributed by atoms with E-state index in [4.69, 9.17) is 11.6 Å². The Bertz CT molecular complexity index is 189. The van der Waals surface area contributed by atoms with Crippen LogP contribution >= 0.6 is 11.6 Å². The number of piperidine rings is 1. The minimum Gasteiger partial charge on any atom is -0.352 e. The van der Waals surface area contributed by atoms with E-state index in [1.54, 1.807) is 6.92 Å². The van der Waals surface area contributed by atoms with E-state index in [1.165, 1.54) is 0 Å². The molecule has 1 amide bonds. The van der Waals surface area contributed by atoms with Crippen LogP contribution in [0.5, 0.6) is 0 Å². The Morgan fingerprint density at radius 1 is 1.57 bits per heavy atom. The molecule has 1 aliphatic rings. The van der Waals surface area contributed by atoms with Gasteiger partial charge in [-0.2, -0.15) is 0 Å². The molecule has 0 bridgehead atoms. The molecule has 1 aliphatic heterocycles. The van der Waals surface area contributed by atoms with Gasteiger partial charge in [-0.25, -0.2) is 0 Å². The predicted molar refractivity (Wildman–Crippen MR) is 58.6 cm³/mol. The second-order valence-corrected chi connectivity index (χ2v) is 4.49. The summed E-state index contributed by atoms with van der Waals surface area (Å²) in [4.78, 5) is 13.7. The van der Waals surface area contributed by atoms with Crippen molar-refractivity contribution in [2.45, 2.75) is 38.1 Å². The predicted octanol–water partition coefficient (Wildman–Crippen LogP) is 1.21. The van der Waals surface area contributed by atoms with Crippen molar-refractivity contribution in [3.05, 3.63) is 0 Å². The number of likely N-dealkylation sites (tertiary alicyclic amines) is 1. The Kier molecular flexibility index (Phi) is 4.69. The van der Waals surface area contributed by atoms with Gasteiger partial charge < -0.3 is 10.2 Å². The fraction of sp³-hybridized carbons (Fsp3) is 0.900. The maximum atomic E-state index is 11.3. The molecule has 1 atom stereocenters. The second-order valence-electron chi connectivity index (χ2n) is 3.83. The lowest BCUT2D eigenvalue weighted by Gasteiger charge is -2.31. The largest absolute Gasteiger partial charge is 0.352 e. The van der Waals surface area contributed by atoms with Gasteiger partial charge in [-0.1, -0.05) is 6.92 Å². The molecule has 0 saturated carbocycles. The molecule has 0 aromatic carbocycles. The number of hydrogen-bond donors (Lipinski definition) is 1. The van der Waals surface area contributed by atoms with Crippen LogP contribution in [0.15, 0.2) is 0 Å². The average molecular weight is 219 g/mol. The highest BCUT2D eigenvalue weighted by atomic mass is 35.5. The topological polar surface area (TPSA) is 32.3 Å². The van der Waals surface area contributed by atoms with Gasteiger partial charge >= 0.3 is 0 Å². The number of amides is 1. The van der Waals surface area contributed by atoms with E-state index in [-0.39, 0.29) is 5.91 Å². The Morgan fingerprint density at radius 3 is 2.57 bits per heavy atom. The van der Waals surface area contributed by atoms with Gasteiger partial charge in [0.15, 0.2) is 0 Å². The summed E-state index contributed by atoms with van der Waals surface area (Å²) < 4.78 is 0. The van der Waals surface area contributed by atoms with Crippen molar-refractivity contribution in [3.8, 4) is 0 Å². The first-order chi connectivity index (χ1) is 6.63. The zero-order valence-corrected chi connectivity index (χ0v) is 9.68. The second kappa shape index (κ2) is 5.56. The summed E-state index contributed by atoms with van der Waals surface area (Å²) in [6, 6.07) is 0.325. The van der Waals surface area contributed by atoms with E-state index in [0.717, 1.165) is 32.5 Å². The lowest BCUT2D eigenvalue weighted by molar-refractivity contribution is -0.121. The molecule has 0 aromatic heterocycles. The standard InChI is InChI=1S/C10H19ClN2O/c1-3-13-6-4-9(5-7-13)12-10(14)8(2)11/h8-9H,3-7H2,1-2H3,(H,12,14). The molecule has 1 fully saturated rings. The molecular weight excluding hydrogens is 200 g/mol. The van der Waals surface area contributed by atoms with Gasteiger partial charge in [-0.15, -0.1) is 11.6 Å². The van der Waals surface area contributed by atoms with Crippen molar-refractivity contribution in [2.24, 2.45) is 0 Å². The van der Waals surface area contributed by atoms with Crippen molar-refractivity contribution in [3.63, 3.8) is 0 Å². The minimum absolute atomic E-state index is 0.0402. The summed E-state index contributed by atoms with van der Waals surface area (Å²) in [5, 5.41) is 2.55. The first-order valence-electron chi connectivity index (χ1n) is 5.30. The van der Waals surface area contributed by atoms with Gasteiger partial charge in [0, 0.05) is 19.1 Å². The van der Waals surface area contributed by atoms with Crippen LogP contribution in [0.25, 0.3) is 0 Å². The number of carbonyl (C=O) groups excluding carboxylic acids is 1. The Labute approximate surface area is 90.8 Å². The van der Waals surface area contributed by atoms with Crippen LogP contribution in [-0.4, -0.2) is 41.9 Å². The fourth-order valence-electron chi connectivity index (χ4n) is 1.71. The van der Waals surface area contributed by atoms with Gasteiger partial charge in [0.05, 0.1) is 0 Å². The highest BCUT2D eigenvalue weighted by Gasteiger charge is 2.20. The first-order valence-corrected chi connectivity index (χ1v) is 5.74. The van der Waals surface area contributed by atoms with Crippen LogP contribution in [0, 0.1) is 0 Å². The van der Waals surface area contributed by atoms with E-state index in [9.17, 15) is 4.79 Å². The van der Waals surface area contributed by atoms with E-state index in [0.29, 0.717) is 6.04 Å². The smallest absolute Gasteiger partial charge is 0.237 e. The molecule has 0 spiro atoms. The molecule has 1 N–H and O–H groups in total. The van der Waals surface area contributed by atoms with Gasteiger partial charge in [0.2, 0.25) is 5.91 Å². The summed E-state index contributed by atoms with van der Waals surface area (Å²) >= 11 is 5.68. The molecule has 14 heavy (non-hydrogen) atoms. The summed E-state index contributed by atoms with van der Waals surface area (Å²) in [5.74, 6) is -0.0402. The molecule has 1 rings (SSSR count). The molecule has 1 unspecified atom stereocenters. The highest BCUT2D eigenvalue weighted by Crippen LogP contribution is 2.10. The Balaban J connectivity index is 2.25. The number of halogens is 1. The lowest BCUT2D eigenvalue weighted by atomic mass is 10.1. The number of nitrogens with one attached hydrogen (secondary N) is 1. The molecule has 0 aliphatic carbocycles. The maximum absolute atomic E-state index is 11.3. The third-order valence-corrected chi connectivity index (χ3v) is 2.94. The quantitative estimate of drug-likeness (QED) is 0.723. The monoisotopic (exact) mass is 218 g/mol. The normalized spacial score (nSPS) is 21.9. The van der Waals surface area contributed by atoms with E-state index >= 15 is 0 Å². The van der Waals surface area contributed by atoms with Crippen molar-refractivity contribution in [1.82, 2.24) is 10.2 Å². The number of hydrogen-bond acceptors (Lipinski definition) is 2. The van der Waals surface area contributed by atoms with Crippen molar-refractivity contribution in [2.75, 3.05) is 19.6 Å². The zero-order chi connectivity index (χ0) is 10.6. The molecule has 1 heterocycles. The summed E-state index contributed by atoms with van der Waals surface area (Å²) in [7, 11) is 0. The molecular formula is C10H19ClN2O. The Morgan fingerprint density at radius 2 is 2.14 bits per heavy atom. The fourth-order valence-corrected chi connectivity index (χ4v) is 1.77. The molecule has 82 valence electrons. The van der Waals surface area contributed by atoms with Crippen LogP contribution in [0.4, 0.5) is 0 Å².